The summed E-state index contributed by atoms with van der Waals surface area (Å²) in [6.45, 7) is 1.92. The fourth-order valence-electron chi connectivity index (χ4n) is 1.50. The van der Waals surface area contributed by atoms with Gasteiger partial charge in [0.15, 0.2) is 5.13 Å². The van der Waals surface area contributed by atoms with E-state index in [0.29, 0.717) is 0 Å². The summed E-state index contributed by atoms with van der Waals surface area (Å²) in [7, 11) is 0. The third-order valence-corrected chi connectivity index (χ3v) is 3.51. The van der Waals surface area contributed by atoms with Crippen molar-refractivity contribution in [3.63, 3.8) is 0 Å². The van der Waals surface area contributed by atoms with Gasteiger partial charge >= 0.3 is 6.18 Å². The van der Waals surface area contributed by atoms with E-state index < -0.39 is 23.3 Å². The van der Waals surface area contributed by atoms with Gasteiger partial charge in [-0.15, -0.1) is 11.3 Å². The molecule has 2 aromatic heterocycles. The Hall–Kier alpha value is -1.96. The molecule has 0 unspecified atom stereocenters. The van der Waals surface area contributed by atoms with Crippen LogP contribution in [0.15, 0.2) is 24.5 Å². The molecule has 0 aliphatic heterocycles. The van der Waals surface area contributed by atoms with E-state index in [9.17, 15) is 18.0 Å². The van der Waals surface area contributed by atoms with Crippen LogP contribution in [0, 0.1) is 0 Å². The molecule has 8 heteroatoms. The highest BCUT2D eigenvalue weighted by Gasteiger charge is 2.36. The number of halogens is 3. The van der Waals surface area contributed by atoms with Gasteiger partial charge in [-0.1, -0.05) is 6.92 Å². The zero-order chi connectivity index (χ0) is 14.8. The number of nitrogens with one attached hydrogen (secondary N) is 1. The quantitative estimate of drug-likeness (QED) is 0.945. The normalized spacial score (nSPS) is 11.4. The number of carbonyl (C=O) groups is 1. The molecule has 0 saturated carbocycles. The number of hydrogen-bond acceptors (Lipinski definition) is 4. The number of aryl methyl sites for hydroxylation is 1. The lowest BCUT2D eigenvalue weighted by molar-refractivity contribution is -0.138. The lowest BCUT2D eigenvalue weighted by atomic mass is 10.2. The van der Waals surface area contributed by atoms with E-state index in [1.165, 1.54) is 11.3 Å². The third kappa shape index (κ3) is 3.13. The summed E-state index contributed by atoms with van der Waals surface area (Å²) < 4.78 is 38.3. The summed E-state index contributed by atoms with van der Waals surface area (Å²) in [6.07, 6.45) is -1.17. The fourth-order valence-corrected chi connectivity index (χ4v) is 2.25. The Morgan fingerprint density at radius 2 is 2.15 bits per heavy atom. The van der Waals surface area contributed by atoms with Gasteiger partial charge in [0.2, 0.25) is 0 Å². The number of anilines is 1. The number of carbonyl (C=O) groups excluding carboxylic acids is 1. The number of alkyl halides is 3. The second-order valence-corrected chi connectivity index (χ2v) is 4.95. The molecule has 0 bridgehead atoms. The predicted molar refractivity (Wildman–Crippen MR) is 68.7 cm³/mol. The summed E-state index contributed by atoms with van der Waals surface area (Å²) in [5.74, 6) is -0.921. The standard InChI is InChI=1S/C12H10F3N3OS/c1-2-7-6-17-11(20-7)18-10(19)9-8(12(13,14)15)4-3-5-16-9/h3-6H,2H2,1H3,(H,17,18,19). The molecule has 0 spiro atoms. The van der Waals surface area contributed by atoms with Gasteiger partial charge in [-0.2, -0.15) is 13.2 Å². The Labute approximate surface area is 116 Å². The zero-order valence-electron chi connectivity index (χ0n) is 10.4. The number of thiazole rings is 1. The Kier molecular flexibility index (Phi) is 4.03. The second-order valence-electron chi connectivity index (χ2n) is 3.84. The Morgan fingerprint density at radius 3 is 2.75 bits per heavy atom. The molecule has 0 atom stereocenters. The first kappa shape index (κ1) is 14.4. The molecule has 1 amide bonds. The summed E-state index contributed by atoms with van der Waals surface area (Å²) in [6, 6.07) is 1.96. The van der Waals surface area contributed by atoms with Crippen LogP contribution in [0.3, 0.4) is 0 Å². The molecular weight excluding hydrogens is 291 g/mol. The molecule has 2 aromatic rings. The maximum Gasteiger partial charge on any atom is 0.418 e. The number of pyridine rings is 1. The minimum atomic E-state index is -4.63. The molecule has 0 saturated heterocycles. The van der Waals surface area contributed by atoms with Gasteiger partial charge in [-0.05, 0) is 18.6 Å². The van der Waals surface area contributed by atoms with Crippen LogP contribution >= 0.6 is 11.3 Å². The van der Waals surface area contributed by atoms with Crippen LogP contribution in [-0.2, 0) is 12.6 Å². The van der Waals surface area contributed by atoms with Gasteiger partial charge in [-0.3, -0.25) is 15.1 Å². The molecular formula is C12H10F3N3OS. The van der Waals surface area contributed by atoms with Gasteiger partial charge in [-0.25, -0.2) is 4.98 Å². The van der Waals surface area contributed by atoms with Gasteiger partial charge in [0, 0.05) is 17.3 Å². The van der Waals surface area contributed by atoms with E-state index in [1.807, 2.05) is 6.92 Å². The summed E-state index contributed by atoms with van der Waals surface area (Å²) in [4.78, 5) is 20.2. The molecule has 20 heavy (non-hydrogen) atoms. The number of amides is 1. The molecule has 0 radical (unpaired) electrons. The first-order valence-corrected chi connectivity index (χ1v) is 6.51. The zero-order valence-corrected chi connectivity index (χ0v) is 11.2. The predicted octanol–water partition coefficient (Wildman–Crippen LogP) is 3.37. The highest BCUT2D eigenvalue weighted by molar-refractivity contribution is 7.15. The van der Waals surface area contributed by atoms with E-state index in [0.717, 1.165) is 29.6 Å². The number of rotatable bonds is 3. The van der Waals surface area contributed by atoms with Crippen LogP contribution in [0.25, 0.3) is 0 Å². The van der Waals surface area contributed by atoms with Crippen LogP contribution in [-0.4, -0.2) is 15.9 Å². The number of nitrogens with zero attached hydrogens (tertiary/aromatic N) is 2. The van der Waals surface area contributed by atoms with E-state index >= 15 is 0 Å². The Morgan fingerprint density at radius 1 is 1.40 bits per heavy atom. The molecule has 0 aliphatic carbocycles. The highest BCUT2D eigenvalue weighted by Crippen LogP contribution is 2.31. The molecule has 0 aliphatic rings. The molecule has 2 heterocycles. The lowest BCUT2D eigenvalue weighted by Crippen LogP contribution is -2.20. The lowest BCUT2D eigenvalue weighted by Gasteiger charge is -2.10. The van der Waals surface area contributed by atoms with Crippen molar-refractivity contribution >= 4 is 22.4 Å². The van der Waals surface area contributed by atoms with Crippen molar-refractivity contribution in [3.8, 4) is 0 Å². The molecule has 1 N–H and O–H groups in total. The van der Waals surface area contributed by atoms with E-state index in [1.54, 1.807) is 6.20 Å². The second kappa shape index (κ2) is 5.58. The van der Waals surface area contributed by atoms with Crippen LogP contribution in [0.5, 0.6) is 0 Å². The molecule has 0 fully saturated rings. The molecule has 4 nitrogen and oxygen atoms in total. The van der Waals surface area contributed by atoms with E-state index in [2.05, 4.69) is 15.3 Å². The van der Waals surface area contributed by atoms with E-state index in [4.69, 9.17) is 0 Å². The average molecular weight is 301 g/mol. The van der Waals surface area contributed by atoms with Gasteiger partial charge in [0.25, 0.3) is 5.91 Å². The maximum absolute atomic E-state index is 12.8. The van der Waals surface area contributed by atoms with Crippen molar-refractivity contribution in [2.45, 2.75) is 19.5 Å². The third-order valence-electron chi connectivity index (χ3n) is 2.45. The van der Waals surface area contributed by atoms with Gasteiger partial charge in [0.05, 0.1) is 5.56 Å². The highest BCUT2D eigenvalue weighted by atomic mass is 32.1. The Balaban J connectivity index is 2.25. The smallest absolute Gasteiger partial charge is 0.296 e. The summed E-state index contributed by atoms with van der Waals surface area (Å²) >= 11 is 1.22. The van der Waals surface area contributed by atoms with Crippen molar-refractivity contribution < 1.29 is 18.0 Å². The SMILES string of the molecule is CCc1cnc(NC(=O)c2ncccc2C(F)(F)F)s1. The summed E-state index contributed by atoms with van der Waals surface area (Å²) in [5.41, 5.74) is -1.72. The first-order chi connectivity index (χ1) is 9.41. The molecule has 106 valence electrons. The Bertz CT molecular complexity index is 624. The fraction of sp³-hybridized carbons (Fsp3) is 0.250. The summed E-state index contributed by atoms with van der Waals surface area (Å²) in [5, 5.41) is 2.59. The molecule has 2 rings (SSSR count). The van der Waals surface area contributed by atoms with Crippen molar-refractivity contribution in [1.82, 2.24) is 9.97 Å². The minimum absolute atomic E-state index is 0.255. The largest absolute Gasteiger partial charge is 0.418 e. The topological polar surface area (TPSA) is 54.9 Å². The van der Waals surface area contributed by atoms with Crippen molar-refractivity contribution in [1.29, 1.82) is 0 Å². The first-order valence-electron chi connectivity index (χ1n) is 5.70. The van der Waals surface area contributed by atoms with Crippen molar-refractivity contribution in [3.05, 3.63) is 40.7 Å². The van der Waals surface area contributed by atoms with E-state index in [-0.39, 0.29) is 5.13 Å². The maximum atomic E-state index is 12.8. The van der Waals surface area contributed by atoms with Crippen molar-refractivity contribution in [2.24, 2.45) is 0 Å². The van der Waals surface area contributed by atoms with Crippen molar-refractivity contribution in [2.75, 3.05) is 5.32 Å². The monoisotopic (exact) mass is 301 g/mol. The number of hydrogen-bond donors (Lipinski definition) is 1. The van der Waals surface area contributed by atoms with Crippen LogP contribution in [0.2, 0.25) is 0 Å². The van der Waals surface area contributed by atoms with Crippen LogP contribution < -0.4 is 5.32 Å². The van der Waals surface area contributed by atoms with Gasteiger partial charge < -0.3 is 0 Å². The van der Waals surface area contributed by atoms with Gasteiger partial charge in [0.1, 0.15) is 5.69 Å². The average Bonchev–Trinajstić information content (AvgIpc) is 2.85. The number of aromatic nitrogens is 2. The van der Waals surface area contributed by atoms with Crippen LogP contribution in [0.1, 0.15) is 27.9 Å². The van der Waals surface area contributed by atoms with Crippen LogP contribution in [0.4, 0.5) is 18.3 Å². The minimum Gasteiger partial charge on any atom is -0.296 e. The molecule has 0 aromatic carbocycles.